The predicted octanol–water partition coefficient (Wildman–Crippen LogP) is -0.864. The van der Waals surface area contributed by atoms with E-state index < -0.39 is 60.9 Å². The summed E-state index contributed by atoms with van der Waals surface area (Å²) >= 11 is 0. The fourth-order valence-electron chi connectivity index (χ4n) is 2.69. The molecule has 0 bridgehead atoms. The molecule has 0 aromatic heterocycles. The van der Waals surface area contributed by atoms with Gasteiger partial charge in [0, 0.05) is 6.42 Å². The third-order valence-electron chi connectivity index (χ3n) is 4.77. The number of rotatable bonds is 14. The molecule has 0 fully saturated rings. The van der Waals surface area contributed by atoms with Crippen LogP contribution in [0.5, 0.6) is 0 Å². The lowest BCUT2D eigenvalue weighted by Crippen LogP contribution is -2.60. The largest absolute Gasteiger partial charge is 0.480 e. The van der Waals surface area contributed by atoms with Gasteiger partial charge in [-0.1, -0.05) is 41.0 Å². The molecule has 0 aliphatic heterocycles. The van der Waals surface area contributed by atoms with Gasteiger partial charge in [-0.3, -0.25) is 24.0 Å². The smallest absolute Gasteiger partial charge is 0.322 e. The summed E-state index contributed by atoms with van der Waals surface area (Å²) in [5.74, 6) is -4.26. The van der Waals surface area contributed by atoms with Gasteiger partial charge in [0.1, 0.15) is 24.7 Å². The highest BCUT2D eigenvalue weighted by Crippen LogP contribution is 2.10. The van der Waals surface area contributed by atoms with Crippen LogP contribution in [-0.2, 0) is 24.0 Å². The number of hydrogen-bond acceptors (Lipinski definition) is 6. The van der Waals surface area contributed by atoms with Crippen molar-refractivity contribution in [3.05, 3.63) is 0 Å². The Labute approximate surface area is 182 Å². The highest BCUT2D eigenvalue weighted by atomic mass is 16.4. The maximum atomic E-state index is 12.9. The van der Waals surface area contributed by atoms with Crippen LogP contribution < -0.4 is 21.3 Å². The van der Waals surface area contributed by atoms with Crippen LogP contribution in [0.1, 0.15) is 53.9 Å². The second-order valence-corrected chi connectivity index (χ2v) is 7.77. The fourth-order valence-corrected chi connectivity index (χ4v) is 2.69. The lowest BCUT2D eigenvalue weighted by molar-refractivity contribution is -0.139. The SMILES string of the molecule is CCCC(=O)NC(CO)C(=O)NC(C(=O)NC(C(=O)NCC(=O)O)C(C)CC)C(C)C. The third kappa shape index (κ3) is 10.3. The standard InChI is InChI=1S/C20H36N4O7/c1-6-8-14(26)22-13(10-25)18(29)23-16(11(3)4)20(31)24-17(12(5)7-2)19(30)21-9-15(27)28/h11-13,16-17,25H,6-10H2,1-5H3,(H,21,30)(H,22,26)(H,23,29)(H,24,31)(H,27,28). The van der Waals surface area contributed by atoms with E-state index in [0.717, 1.165) is 0 Å². The molecule has 11 heteroatoms. The zero-order valence-electron chi connectivity index (χ0n) is 18.9. The molecule has 4 unspecified atom stereocenters. The molecule has 4 atom stereocenters. The molecule has 0 aromatic rings. The Bertz CT molecular complexity index is 639. The number of carboxylic acid groups (broad SMARTS) is 1. The van der Waals surface area contributed by atoms with Crippen LogP contribution in [0.4, 0.5) is 0 Å². The van der Waals surface area contributed by atoms with Crippen molar-refractivity contribution in [3.63, 3.8) is 0 Å². The van der Waals surface area contributed by atoms with Gasteiger partial charge in [0.2, 0.25) is 23.6 Å². The summed E-state index contributed by atoms with van der Waals surface area (Å²) in [6.45, 7) is 7.52. The van der Waals surface area contributed by atoms with E-state index in [9.17, 15) is 29.1 Å². The molecule has 178 valence electrons. The Morgan fingerprint density at radius 3 is 1.87 bits per heavy atom. The Kier molecular flexibility index (Phi) is 13.1. The molecule has 0 saturated heterocycles. The van der Waals surface area contributed by atoms with Crippen LogP contribution in [0.15, 0.2) is 0 Å². The van der Waals surface area contributed by atoms with Crippen molar-refractivity contribution < 1.29 is 34.2 Å². The first-order valence-corrected chi connectivity index (χ1v) is 10.5. The predicted molar refractivity (Wildman–Crippen MR) is 113 cm³/mol. The van der Waals surface area contributed by atoms with E-state index >= 15 is 0 Å². The molecule has 0 aromatic carbocycles. The van der Waals surface area contributed by atoms with Crippen LogP contribution in [-0.4, -0.2) is 71.1 Å². The molecule has 0 saturated carbocycles. The minimum Gasteiger partial charge on any atom is -0.480 e. The number of aliphatic hydroxyl groups excluding tert-OH is 1. The highest BCUT2D eigenvalue weighted by Gasteiger charge is 2.32. The molecule has 31 heavy (non-hydrogen) atoms. The molecule has 0 aliphatic carbocycles. The monoisotopic (exact) mass is 444 g/mol. The van der Waals surface area contributed by atoms with Gasteiger partial charge in [-0.05, 0) is 18.3 Å². The number of carbonyl (C=O) groups excluding carboxylic acids is 4. The van der Waals surface area contributed by atoms with Crippen molar-refractivity contribution in [1.82, 2.24) is 21.3 Å². The van der Waals surface area contributed by atoms with Crippen molar-refractivity contribution in [3.8, 4) is 0 Å². The van der Waals surface area contributed by atoms with Crippen LogP contribution in [0, 0.1) is 11.8 Å². The first-order chi connectivity index (χ1) is 14.5. The number of carboxylic acids is 1. The van der Waals surface area contributed by atoms with E-state index in [0.29, 0.717) is 12.8 Å². The van der Waals surface area contributed by atoms with E-state index in [2.05, 4.69) is 21.3 Å². The molecule has 6 N–H and O–H groups in total. The van der Waals surface area contributed by atoms with Gasteiger partial charge in [-0.15, -0.1) is 0 Å². The van der Waals surface area contributed by atoms with Crippen molar-refractivity contribution in [2.45, 2.75) is 72.0 Å². The molecule has 11 nitrogen and oxygen atoms in total. The van der Waals surface area contributed by atoms with Crippen LogP contribution in [0.2, 0.25) is 0 Å². The first-order valence-electron chi connectivity index (χ1n) is 10.5. The lowest BCUT2D eigenvalue weighted by Gasteiger charge is -2.28. The van der Waals surface area contributed by atoms with E-state index in [1.54, 1.807) is 27.7 Å². The number of carbonyl (C=O) groups is 5. The van der Waals surface area contributed by atoms with E-state index in [1.807, 2.05) is 6.92 Å². The zero-order chi connectivity index (χ0) is 24.1. The summed E-state index contributed by atoms with van der Waals surface area (Å²) in [5, 5.41) is 28.0. The molecular formula is C20H36N4O7. The summed E-state index contributed by atoms with van der Waals surface area (Å²) in [7, 11) is 0. The van der Waals surface area contributed by atoms with Crippen LogP contribution in [0.25, 0.3) is 0 Å². The molecule has 0 spiro atoms. The summed E-state index contributed by atoms with van der Waals surface area (Å²) < 4.78 is 0. The van der Waals surface area contributed by atoms with Gasteiger partial charge >= 0.3 is 5.97 Å². The normalized spacial score (nSPS) is 14.7. The fraction of sp³-hybridized carbons (Fsp3) is 0.750. The van der Waals surface area contributed by atoms with Gasteiger partial charge < -0.3 is 31.5 Å². The topological polar surface area (TPSA) is 174 Å². The summed E-state index contributed by atoms with van der Waals surface area (Å²) in [5.41, 5.74) is 0. The summed E-state index contributed by atoms with van der Waals surface area (Å²) in [6, 6.07) is -3.24. The number of hydrogen-bond donors (Lipinski definition) is 6. The van der Waals surface area contributed by atoms with E-state index in [1.165, 1.54) is 0 Å². The third-order valence-corrected chi connectivity index (χ3v) is 4.77. The Hall–Kier alpha value is -2.69. The number of amides is 4. The second-order valence-electron chi connectivity index (χ2n) is 7.77. The maximum Gasteiger partial charge on any atom is 0.322 e. The maximum absolute atomic E-state index is 12.9. The van der Waals surface area contributed by atoms with Crippen LogP contribution in [0.3, 0.4) is 0 Å². The van der Waals surface area contributed by atoms with E-state index in [4.69, 9.17) is 5.11 Å². The number of nitrogens with one attached hydrogen (secondary N) is 4. The van der Waals surface area contributed by atoms with Gasteiger partial charge in [-0.2, -0.15) is 0 Å². The average Bonchev–Trinajstić information content (AvgIpc) is 2.71. The Morgan fingerprint density at radius 2 is 1.42 bits per heavy atom. The van der Waals surface area contributed by atoms with Crippen molar-refractivity contribution in [1.29, 1.82) is 0 Å². The minimum atomic E-state index is -1.21. The number of aliphatic carboxylic acids is 1. The van der Waals surface area contributed by atoms with Crippen molar-refractivity contribution >= 4 is 29.6 Å². The van der Waals surface area contributed by atoms with Gasteiger partial charge in [0.25, 0.3) is 0 Å². The van der Waals surface area contributed by atoms with Crippen molar-refractivity contribution in [2.24, 2.45) is 11.8 Å². The Morgan fingerprint density at radius 1 is 0.839 bits per heavy atom. The molecule has 0 rings (SSSR count). The van der Waals surface area contributed by atoms with Gasteiger partial charge in [-0.25, -0.2) is 0 Å². The van der Waals surface area contributed by atoms with Gasteiger partial charge in [0.15, 0.2) is 0 Å². The Balaban J connectivity index is 5.33. The minimum absolute atomic E-state index is 0.194. The zero-order valence-corrected chi connectivity index (χ0v) is 18.9. The van der Waals surface area contributed by atoms with E-state index in [-0.39, 0.29) is 18.3 Å². The number of aliphatic hydroxyl groups is 1. The molecule has 0 heterocycles. The molecular weight excluding hydrogens is 408 g/mol. The average molecular weight is 445 g/mol. The lowest BCUT2D eigenvalue weighted by atomic mass is 9.96. The van der Waals surface area contributed by atoms with Crippen molar-refractivity contribution in [2.75, 3.05) is 13.2 Å². The summed E-state index contributed by atoms with van der Waals surface area (Å²) in [6.07, 6.45) is 1.31. The van der Waals surface area contributed by atoms with Crippen LogP contribution >= 0.6 is 0 Å². The molecule has 4 amide bonds. The summed E-state index contributed by atoms with van der Waals surface area (Å²) in [4.78, 5) is 60.2. The molecule has 0 radical (unpaired) electrons. The first kappa shape index (κ1) is 28.3. The quantitative estimate of drug-likeness (QED) is 0.202. The molecule has 0 aliphatic rings. The second kappa shape index (κ2) is 14.3. The highest BCUT2D eigenvalue weighted by molar-refractivity contribution is 5.95. The van der Waals surface area contributed by atoms with Gasteiger partial charge in [0.05, 0.1) is 6.61 Å².